The van der Waals surface area contributed by atoms with E-state index in [0.717, 1.165) is 30.5 Å². The molecule has 1 aromatic carbocycles. The van der Waals surface area contributed by atoms with Crippen molar-refractivity contribution in [3.8, 4) is 0 Å². The molecule has 3 heteroatoms. The van der Waals surface area contributed by atoms with Gasteiger partial charge in [0.05, 0.1) is 20.2 Å². The summed E-state index contributed by atoms with van der Waals surface area (Å²) in [6, 6.07) is 8.65. The molecule has 1 atom stereocenters. The minimum Gasteiger partial charge on any atom is -1.00 e. The van der Waals surface area contributed by atoms with Crippen molar-refractivity contribution in [3.05, 3.63) is 35.4 Å². The van der Waals surface area contributed by atoms with E-state index in [4.69, 9.17) is 5.11 Å². The third kappa shape index (κ3) is 2.92. The van der Waals surface area contributed by atoms with Crippen molar-refractivity contribution in [2.24, 2.45) is 0 Å². The zero-order valence-electron chi connectivity index (χ0n) is 9.12. The van der Waals surface area contributed by atoms with Gasteiger partial charge in [0.1, 0.15) is 13.1 Å². The number of benzene rings is 1. The minimum absolute atomic E-state index is 0. The van der Waals surface area contributed by atoms with Gasteiger partial charge in [0.15, 0.2) is 0 Å². The standard InChI is InChI=1S/C12H18NO.HI/c1-13(8-9-14)7-6-11-4-2-3-5-12(11)10-13;/h2-5,14H,6-10H2,1H3;1H/q+1;/p-1. The van der Waals surface area contributed by atoms with Crippen molar-refractivity contribution in [2.45, 2.75) is 13.0 Å². The second kappa shape index (κ2) is 5.27. The predicted molar refractivity (Wildman–Crippen MR) is 56.9 cm³/mol. The minimum atomic E-state index is 0. The van der Waals surface area contributed by atoms with E-state index < -0.39 is 0 Å². The number of hydrogen-bond donors (Lipinski definition) is 1. The quantitative estimate of drug-likeness (QED) is 0.503. The van der Waals surface area contributed by atoms with Crippen LogP contribution in [0.25, 0.3) is 0 Å². The fourth-order valence-corrected chi connectivity index (χ4v) is 2.27. The van der Waals surface area contributed by atoms with Gasteiger partial charge in [-0.1, -0.05) is 24.3 Å². The number of quaternary nitrogens is 1. The molecule has 1 aliphatic rings. The Bertz CT molecular complexity index is 329. The van der Waals surface area contributed by atoms with Gasteiger partial charge in [-0.05, 0) is 5.56 Å². The highest BCUT2D eigenvalue weighted by molar-refractivity contribution is 5.27. The van der Waals surface area contributed by atoms with Crippen LogP contribution in [0.1, 0.15) is 11.1 Å². The SMILES string of the molecule is C[N+]1(CCO)CCc2ccccc2C1.[I-]. The zero-order chi connectivity index (χ0) is 10.0. The van der Waals surface area contributed by atoms with Gasteiger partial charge in [0.25, 0.3) is 0 Å². The predicted octanol–water partition coefficient (Wildman–Crippen LogP) is -1.81. The monoisotopic (exact) mass is 319 g/mol. The maximum Gasteiger partial charge on any atom is 0.105 e. The highest BCUT2D eigenvalue weighted by Gasteiger charge is 2.27. The molecular formula is C12H18INO. The molecule has 0 aromatic heterocycles. The lowest BCUT2D eigenvalue weighted by Gasteiger charge is -2.38. The Morgan fingerprint density at radius 2 is 1.93 bits per heavy atom. The van der Waals surface area contributed by atoms with Gasteiger partial charge < -0.3 is 33.6 Å². The molecule has 1 heterocycles. The van der Waals surface area contributed by atoms with Crippen LogP contribution in [-0.2, 0) is 13.0 Å². The maximum atomic E-state index is 9.02. The average molecular weight is 319 g/mol. The Kier molecular flexibility index (Phi) is 4.55. The van der Waals surface area contributed by atoms with Gasteiger partial charge in [-0.25, -0.2) is 0 Å². The Balaban J connectivity index is 0.00000112. The Morgan fingerprint density at radius 1 is 1.27 bits per heavy atom. The largest absolute Gasteiger partial charge is 1.00 e. The van der Waals surface area contributed by atoms with E-state index in [9.17, 15) is 0 Å². The van der Waals surface area contributed by atoms with Gasteiger partial charge in [0.2, 0.25) is 0 Å². The van der Waals surface area contributed by atoms with Gasteiger partial charge in [-0.2, -0.15) is 0 Å². The van der Waals surface area contributed by atoms with Gasteiger partial charge in [-0.15, -0.1) is 0 Å². The molecule has 2 nitrogen and oxygen atoms in total. The third-order valence-corrected chi connectivity index (χ3v) is 3.23. The second-order valence-electron chi connectivity index (χ2n) is 4.47. The lowest BCUT2D eigenvalue weighted by atomic mass is 9.98. The molecule has 1 unspecified atom stereocenters. The molecule has 1 aromatic rings. The van der Waals surface area contributed by atoms with Gasteiger partial charge in [0, 0.05) is 12.0 Å². The number of rotatable bonds is 2. The summed E-state index contributed by atoms with van der Waals surface area (Å²) in [4.78, 5) is 0. The first-order valence-corrected chi connectivity index (χ1v) is 5.25. The van der Waals surface area contributed by atoms with Crippen LogP contribution in [-0.4, -0.2) is 36.3 Å². The van der Waals surface area contributed by atoms with E-state index in [1.54, 1.807) is 0 Å². The molecule has 84 valence electrons. The normalized spacial score (nSPS) is 24.1. The summed E-state index contributed by atoms with van der Waals surface area (Å²) in [5.41, 5.74) is 2.94. The lowest BCUT2D eigenvalue weighted by molar-refractivity contribution is -0.924. The third-order valence-electron chi connectivity index (χ3n) is 3.23. The number of fused-ring (bicyclic) bond motifs is 1. The van der Waals surface area contributed by atoms with Crippen LogP contribution in [0.2, 0.25) is 0 Å². The van der Waals surface area contributed by atoms with Crippen molar-refractivity contribution < 1.29 is 33.6 Å². The number of nitrogens with zero attached hydrogens (tertiary/aromatic N) is 1. The van der Waals surface area contributed by atoms with Crippen molar-refractivity contribution >= 4 is 0 Å². The highest BCUT2D eigenvalue weighted by atomic mass is 127. The van der Waals surface area contributed by atoms with E-state index in [-0.39, 0.29) is 24.0 Å². The van der Waals surface area contributed by atoms with Gasteiger partial charge in [-0.3, -0.25) is 0 Å². The number of likely N-dealkylation sites (N-methyl/N-ethyl adjacent to an activating group) is 1. The summed E-state index contributed by atoms with van der Waals surface area (Å²) in [7, 11) is 2.23. The van der Waals surface area contributed by atoms with E-state index in [1.807, 2.05) is 0 Å². The van der Waals surface area contributed by atoms with Crippen LogP contribution in [0.3, 0.4) is 0 Å². The summed E-state index contributed by atoms with van der Waals surface area (Å²) in [5, 5.41) is 9.02. The lowest BCUT2D eigenvalue weighted by Crippen LogP contribution is -3.00. The molecule has 15 heavy (non-hydrogen) atoms. The van der Waals surface area contributed by atoms with E-state index in [2.05, 4.69) is 31.3 Å². The molecule has 1 N–H and O–H groups in total. The molecule has 0 radical (unpaired) electrons. The molecule has 0 bridgehead atoms. The Hall–Kier alpha value is -0.130. The molecule has 2 rings (SSSR count). The Labute approximate surface area is 109 Å². The van der Waals surface area contributed by atoms with Gasteiger partial charge >= 0.3 is 0 Å². The van der Waals surface area contributed by atoms with Crippen LogP contribution in [0.5, 0.6) is 0 Å². The van der Waals surface area contributed by atoms with Crippen LogP contribution in [0.15, 0.2) is 24.3 Å². The molecule has 0 spiro atoms. The van der Waals surface area contributed by atoms with Crippen molar-refractivity contribution in [1.82, 2.24) is 0 Å². The van der Waals surface area contributed by atoms with Crippen LogP contribution < -0.4 is 24.0 Å². The summed E-state index contributed by atoms with van der Waals surface area (Å²) in [5.74, 6) is 0. The van der Waals surface area contributed by atoms with Crippen molar-refractivity contribution in [2.75, 3.05) is 26.7 Å². The van der Waals surface area contributed by atoms with Crippen molar-refractivity contribution in [1.29, 1.82) is 0 Å². The number of aliphatic hydroxyl groups is 1. The first-order chi connectivity index (χ1) is 6.73. The molecule has 0 fully saturated rings. The molecule has 0 aliphatic carbocycles. The smallest absolute Gasteiger partial charge is 0.105 e. The molecule has 0 saturated carbocycles. The molecule has 0 amide bonds. The highest BCUT2D eigenvalue weighted by Crippen LogP contribution is 2.22. The molecule has 1 aliphatic heterocycles. The number of halogens is 1. The van der Waals surface area contributed by atoms with Crippen LogP contribution in [0, 0.1) is 0 Å². The molecule has 0 saturated heterocycles. The van der Waals surface area contributed by atoms with E-state index in [0.29, 0.717) is 6.61 Å². The summed E-state index contributed by atoms with van der Waals surface area (Å²) < 4.78 is 0.980. The van der Waals surface area contributed by atoms with Crippen molar-refractivity contribution in [3.63, 3.8) is 0 Å². The summed E-state index contributed by atoms with van der Waals surface area (Å²) in [6.45, 7) is 3.38. The van der Waals surface area contributed by atoms with E-state index in [1.165, 1.54) is 11.1 Å². The topological polar surface area (TPSA) is 20.2 Å². The maximum absolute atomic E-state index is 9.02. The molecular weight excluding hydrogens is 301 g/mol. The number of hydrogen-bond acceptors (Lipinski definition) is 1. The van der Waals surface area contributed by atoms with E-state index >= 15 is 0 Å². The van der Waals surface area contributed by atoms with Crippen LogP contribution in [0.4, 0.5) is 0 Å². The second-order valence-corrected chi connectivity index (χ2v) is 4.47. The summed E-state index contributed by atoms with van der Waals surface area (Å²) >= 11 is 0. The van der Waals surface area contributed by atoms with Crippen LogP contribution >= 0.6 is 0 Å². The fraction of sp³-hybridized carbons (Fsp3) is 0.500. The number of aliphatic hydroxyl groups excluding tert-OH is 1. The Morgan fingerprint density at radius 3 is 2.60 bits per heavy atom. The summed E-state index contributed by atoms with van der Waals surface area (Å²) in [6.07, 6.45) is 1.15. The zero-order valence-corrected chi connectivity index (χ0v) is 11.3. The fourth-order valence-electron chi connectivity index (χ4n) is 2.27. The average Bonchev–Trinajstić information content (AvgIpc) is 2.17. The first-order valence-electron chi connectivity index (χ1n) is 5.25. The first kappa shape index (κ1) is 12.9.